The van der Waals surface area contributed by atoms with Crippen molar-refractivity contribution in [2.45, 2.75) is 32.6 Å². The summed E-state index contributed by atoms with van der Waals surface area (Å²) < 4.78 is 39.1. The third kappa shape index (κ3) is 3.19. The normalized spacial score (nSPS) is 12.0. The standard InChI is InChI=1S/C15H16F3N3O/c1-9(2)21-8-12(5-11(6-19)14(21)22)10-3-4-13(20-7-10)15(16,17)18/h3-5,7-9H,6,19H2,1-2H3. The van der Waals surface area contributed by atoms with Crippen LogP contribution in [0.25, 0.3) is 11.1 Å². The second kappa shape index (κ2) is 5.92. The van der Waals surface area contributed by atoms with Gasteiger partial charge in [0, 0.05) is 41.7 Å². The van der Waals surface area contributed by atoms with Crippen molar-refractivity contribution in [2.75, 3.05) is 0 Å². The van der Waals surface area contributed by atoms with Crippen molar-refractivity contribution in [3.63, 3.8) is 0 Å². The first-order valence-corrected chi connectivity index (χ1v) is 6.72. The number of hydrogen-bond donors (Lipinski definition) is 1. The van der Waals surface area contributed by atoms with Gasteiger partial charge in [-0.1, -0.05) is 6.07 Å². The zero-order valence-electron chi connectivity index (χ0n) is 12.2. The smallest absolute Gasteiger partial charge is 0.326 e. The van der Waals surface area contributed by atoms with Crippen LogP contribution in [0.1, 0.15) is 31.1 Å². The molecule has 0 aliphatic rings. The molecule has 7 heteroatoms. The van der Waals surface area contributed by atoms with Gasteiger partial charge in [0.05, 0.1) is 0 Å². The second-order valence-corrected chi connectivity index (χ2v) is 5.19. The molecule has 2 rings (SSSR count). The Kier molecular flexibility index (Phi) is 4.37. The molecule has 0 aliphatic carbocycles. The molecule has 4 nitrogen and oxygen atoms in total. The van der Waals surface area contributed by atoms with Crippen molar-refractivity contribution >= 4 is 0 Å². The van der Waals surface area contributed by atoms with Gasteiger partial charge in [0.2, 0.25) is 0 Å². The lowest BCUT2D eigenvalue weighted by Gasteiger charge is -2.14. The Morgan fingerprint density at radius 1 is 1.27 bits per heavy atom. The van der Waals surface area contributed by atoms with E-state index in [2.05, 4.69) is 4.98 Å². The average molecular weight is 311 g/mol. The predicted octanol–water partition coefficient (Wildman–Crippen LogP) is 2.97. The van der Waals surface area contributed by atoms with Crippen molar-refractivity contribution in [3.8, 4) is 11.1 Å². The molecule has 0 fully saturated rings. The Morgan fingerprint density at radius 2 is 1.95 bits per heavy atom. The molecule has 0 saturated heterocycles. The van der Waals surface area contributed by atoms with Crippen LogP contribution < -0.4 is 11.3 Å². The molecule has 2 N–H and O–H groups in total. The van der Waals surface area contributed by atoms with Gasteiger partial charge in [-0.25, -0.2) is 0 Å². The van der Waals surface area contributed by atoms with E-state index in [0.29, 0.717) is 16.7 Å². The summed E-state index contributed by atoms with van der Waals surface area (Å²) in [7, 11) is 0. The molecule has 0 atom stereocenters. The van der Waals surface area contributed by atoms with E-state index >= 15 is 0 Å². The van der Waals surface area contributed by atoms with Crippen molar-refractivity contribution in [1.29, 1.82) is 0 Å². The maximum atomic E-state index is 12.5. The third-order valence-electron chi connectivity index (χ3n) is 3.28. The molecular formula is C15H16F3N3O. The van der Waals surface area contributed by atoms with Crippen LogP contribution in [0.5, 0.6) is 0 Å². The topological polar surface area (TPSA) is 60.9 Å². The lowest BCUT2D eigenvalue weighted by molar-refractivity contribution is -0.141. The van der Waals surface area contributed by atoms with Crippen LogP contribution in [0, 0.1) is 0 Å². The fourth-order valence-corrected chi connectivity index (χ4v) is 2.08. The van der Waals surface area contributed by atoms with E-state index in [-0.39, 0.29) is 18.1 Å². The summed E-state index contributed by atoms with van der Waals surface area (Å²) in [6.07, 6.45) is -1.72. The van der Waals surface area contributed by atoms with E-state index in [9.17, 15) is 18.0 Å². The largest absolute Gasteiger partial charge is 0.433 e. The van der Waals surface area contributed by atoms with Crippen molar-refractivity contribution in [3.05, 3.63) is 52.2 Å². The molecule has 0 bridgehead atoms. The van der Waals surface area contributed by atoms with Crippen LogP contribution in [0.15, 0.2) is 35.4 Å². The Hall–Kier alpha value is -2.15. The molecule has 2 aromatic rings. The monoisotopic (exact) mass is 311 g/mol. The second-order valence-electron chi connectivity index (χ2n) is 5.19. The molecule has 0 aromatic carbocycles. The summed E-state index contributed by atoms with van der Waals surface area (Å²) in [6, 6.07) is 3.76. The number of nitrogens with two attached hydrogens (primary N) is 1. The number of nitrogens with zero attached hydrogens (tertiary/aromatic N) is 2. The molecule has 22 heavy (non-hydrogen) atoms. The zero-order chi connectivity index (χ0) is 16.5. The van der Waals surface area contributed by atoms with Gasteiger partial charge >= 0.3 is 6.18 Å². The quantitative estimate of drug-likeness (QED) is 0.948. The van der Waals surface area contributed by atoms with Crippen LogP contribution in [0.3, 0.4) is 0 Å². The van der Waals surface area contributed by atoms with Crippen molar-refractivity contribution < 1.29 is 13.2 Å². The summed E-state index contributed by atoms with van der Waals surface area (Å²) in [6.45, 7) is 3.75. The summed E-state index contributed by atoms with van der Waals surface area (Å²) in [5, 5.41) is 0. The van der Waals surface area contributed by atoms with E-state index in [1.165, 1.54) is 10.6 Å². The van der Waals surface area contributed by atoms with Gasteiger partial charge in [0.15, 0.2) is 0 Å². The lowest BCUT2D eigenvalue weighted by Crippen LogP contribution is -2.26. The molecule has 0 amide bonds. The SMILES string of the molecule is CC(C)n1cc(-c2ccc(C(F)(F)F)nc2)cc(CN)c1=O. The maximum Gasteiger partial charge on any atom is 0.433 e. The van der Waals surface area contributed by atoms with Gasteiger partial charge in [-0.15, -0.1) is 0 Å². The molecule has 2 aromatic heterocycles. The first-order valence-electron chi connectivity index (χ1n) is 6.72. The molecular weight excluding hydrogens is 295 g/mol. The first-order chi connectivity index (χ1) is 10.2. The lowest BCUT2D eigenvalue weighted by atomic mass is 10.1. The van der Waals surface area contributed by atoms with E-state index < -0.39 is 11.9 Å². The summed E-state index contributed by atoms with van der Waals surface area (Å²) >= 11 is 0. The molecule has 0 saturated carbocycles. The number of aromatic nitrogens is 2. The molecule has 2 heterocycles. The summed E-state index contributed by atoms with van der Waals surface area (Å²) in [5.41, 5.74) is 5.94. The number of hydrogen-bond acceptors (Lipinski definition) is 3. The average Bonchev–Trinajstić information content (AvgIpc) is 2.46. The highest BCUT2D eigenvalue weighted by Gasteiger charge is 2.32. The number of pyridine rings is 2. The van der Waals surface area contributed by atoms with Gasteiger partial charge in [-0.2, -0.15) is 13.2 Å². The van der Waals surface area contributed by atoms with E-state index in [4.69, 9.17) is 5.73 Å². The van der Waals surface area contributed by atoms with Gasteiger partial charge in [0.1, 0.15) is 5.69 Å². The molecule has 0 spiro atoms. The third-order valence-corrected chi connectivity index (χ3v) is 3.28. The first kappa shape index (κ1) is 16.2. The number of alkyl halides is 3. The minimum absolute atomic E-state index is 0.0630. The highest BCUT2D eigenvalue weighted by Crippen LogP contribution is 2.29. The van der Waals surface area contributed by atoms with Crippen molar-refractivity contribution in [2.24, 2.45) is 5.73 Å². The number of halogens is 3. The van der Waals surface area contributed by atoms with Crippen LogP contribution in [0.2, 0.25) is 0 Å². The predicted molar refractivity (Wildman–Crippen MR) is 77.2 cm³/mol. The van der Waals surface area contributed by atoms with Crippen molar-refractivity contribution in [1.82, 2.24) is 9.55 Å². The number of rotatable bonds is 3. The molecule has 0 radical (unpaired) electrons. The van der Waals surface area contributed by atoms with Crippen LogP contribution in [-0.2, 0) is 12.7 Å². The molecule has 118 valence electrons. The van der Waals surface area contributed by atoms with Gasteiger partial charge < -0.3 is 10.3 Å². The van der Waals surface area contributed by atoms with Crippen LogP contribution >= 0.6 is 0 Å². The Morgan fingerprint density at radius 3 is 2.41 bits per heavy atom. The molecule has 0 aliphatic heterocycles. The Bertz CT molecular complexity index is 718. The van der Waals surface area contributed by atoms with E-state index in [0.717, 1.165) is 12.3 Å². The highest BCUT2D eigenvalue weighted by atomic mass is 19.4. The highest BCUT2D eigenvalue weighted by molar-refractivity contribution is 5.62. The van der Waals surface area contributed by atoms with E-state index in [1.54, 1.807) is 12.3 Å². The fraction of sp³-hybridized carbons (Fsp3) is 0.333. The summed E-state index contributed by atoms with van der Waals surface area (Å²) in [5.74, 6) is 0. The molecule has 0 unspecified atom stereocenters. The van der Waals surface area contributed by atoms with Gasteiger partial charge in [-0.05, 0) is 26.0 Å². The maximum absolute atomic E-state index is 12.5. The zero-order valence-corrected chi connectivity index (χ0v) is 12.2. The fourth-order valence-electron chi connectivity index (χ4n) is 2.08. The Labute approximate surface area is 125 Å². The Balaban J connectivity index is 2.53. The minimum atomic E-state index is -4.47. The van der Waals surface area contributed by atoms with Crippen LogP contribution in [0.4, 0.5) is 13.2 Å². The van der Waals surface area contributed by atoms with Gasteiger partial charge in [0.25, 0.3) is 5.56 Å². The van der Waals surface area contributed by atoms with Crippen LogP contribution in [-0.4, -0.2) is 9.55 Å². The van der Waals surface area contributed by atoms with E-state index in [1.807, 2.05) is 13.8 Å². The van der Waals surface area contributed by atoms with Gasteiger partial charge in [-0.3, -0.25) is 9.78 Å². The summed E-state index contributed by atoms with van der Waals surface area (Å²) in [4.78, 5) is 15.6. The minimum Gasteiger partial charge on any atom is -0.326 e.